The molecule has 0 saturated heterocycles. The second kappa shape index (κ2) is 5.75. The first kappa shape index (κ1) is 14.1. The summed E-state index contributed by atoms with van der Waals surface area (Å²) in [6.07, 6.45) is 6.95. The van der Waals surface area contributed by atoms with Gasteiger partial charge in [-0.25, -0.2) is 0 Å². The molecule has 1 nitrogen and oxygen atoms in total. The van der Waals surface area contributed by atoms with Crippen LogP contribution in [0.5, 0.6) is 0 Å². The van der Waals surface area contributed by atoms with Gasteiger partial charge in [0.2, 0.25) is 0 Å². The first-order chi connectivity index (χ1) is 8.49. The van der Waals surface area contributed by atoms with Crippen LogP contribution < -0.4 is 0 Å². The highest BCUT2D eigenvalue weighted by molar-refractivity contribution is 5.79. The lowest BCUT2D eigenvalue weighted by molar-refractivity contribution is -0.121. The van der Waals surface area contributed by atoms with E-state index in [1.54, 1.807) is 0 Å². The molecule has 2 fully saturated rings. The van der Waals surface area contributed by atoms with E-state index in [0.29, 0.717) is 17.6 Å². The summed E-state index contributed by atoms with van der Waals surface area (Å²) in [5.74, 6) is 5.08. The van der Waals surface area contributed by atoms with E-state index in [9.17, 15) is 4.79 Å². The minimum absolute atomic E-state index is 0.548. The van der Waals surface area contributed by atoms with E-state index >= 15 is 0 Å². The van der Waals surface area contributed by atoms with Crippen molar-refractivity contribution in [3.63, 3.8) is 0 Å². The fourth-order valence-electron chi connectivity index (χ4n) is 4.18. The Labute approximate surface area is 113 Å². The summed E-state index contributed by atoms with van der Waals surface area (Å²) in [6, 6.07) is 0. The lowest BCUT2D eigenvalue weighted by atomic mass is 9.84. The van der Waals surface area contributed by atoms with Crippen LogP contribution in [0.1, 0.15) is 66.2 Å². The van der Waals surface area contributed by atoms with Crippen molar-refractivity contribution >= 4 is 5.78 Å². The Bertz CT molecular complexity index is 268. The third-order valence-electron chi connectivity index (χ3n) is 6.25. The van der Waals surface area contributed by atoms with Gasteiger partial charge in [0.1, 0.15) is 5.78 Å². The van der Waals surface area contributed by atoms with Gasteiger partial charge in [0.15, 0.2) is 0 Å². The summed E-state index contributed by atoms with van der Waals surface area (Å²) in [4.78, 5) is 12.3. The van der Waals surface area contributed by atoms with Gasteiger partial charge in [-0.15, -0.1) is 0 Å². The molecule has 0 aromatic heterocycles. The summed E-state index contributed by atoms with van der Waals surface area (Å²) in [5.41, 5.74) is 0. The molecule has 0 aliphatic heterocycles. The molecule has 6 atom stereocenters. The molecule has 0 heterocycles. The second-order valence-electron chi connectivity index (χ2n) is 7.29. The fraction of sp³-hybridized carbons (Fsp3) is 0.941. The number of carbonyl (C=O) groups is 1. The zero-order chi connectivity index (χ0) is 13.3. The Morgan fingerprint density at radius 2 is 1.17 bits per heavy atom. The van der Waals surface area contributed by atoms with Gasteiger partial charge in [-0.1, -0.05) is 40.5 Å². The van der Waals surface area contributed by atoms with Gasteiger partial charge in [-0.3, -0.25) is 4.79 Å². The van der Waals surface area contributed by atoms with Gasteiger partial charge < -0.3 is 0 Å². The minimum atomic E-state index is 0.548. The van der Waals surface area contributed by atoms with Gasteiger partial charge >= 0.3 is 0 Å². The zero-order valence-electron chi connectivity index (χ0n) is 12.6. The Morgan fingerprint density at radius 3 is 1.44 bits per heavy atom. The molecule has 1 heteroatoms. The molecular weight excluding hydrogens is 220 g/mol. The smallest absolute Gasteiger partial charge is 0.133 e. The number of hydrogen-bond donors (Lipinski definition) is 0. The van der Waals surface area contributed by atoms with Crippen LogP contribution in [0.3, 0.4) is 0 Å². The van der Waals surface area contributed by atoms with E-state index in [0.717, 1.165) is 36.5 Å². The molecule has 2 rings (SSSR count). The van der Waals surface area contributed by atoms with Crippen molar-refractivity contribution in [1.29, 1.82) is 0 Å². The summed E-state index contributed by atoms with van der Waals surface area (Å²) in [5, 5.41) is 0. The molecule has 0 aromatic rings. The van der Waals surface area contributed by atoms with Crippen molar-refractivity contribution in [2.24, 2.45) is 35.5 Å². The van der Waals surface area contributed by atoms with Crippen molar-refractivity contribution in [3.8, 4) is 0 Å². The maximum atomic E-state index is 12.3. The molecule has 0 spiro atoms. The quantitative estimate of drug-likeness (QED) is 0.707. The van der Waals surface area contributed by atoms with Crippen molar-refractivity contribution in [2.45, 2.75) is 66.2 Å². The summed E-state index contributed by atoms with van der Waals surface area (Å²) in [6.45, 7) is 9.37. The van der Waals surface area contributed by atoms with Gasteiger partial charge in [0, 0.05) is 12.8 Å². The highest BCUT2D eigenvalue weighted by Gasteiger charge is 2.34. The van der Waals surface area contributed by atoms with Crippen LogP contribution in [0.15, 0.2) is 0 Å². The van der Waals surface area contributed by atoms with Crippen LogP contribution in [0.25, 0.3) is 0 Å². The third kappa shape index (κ3) is 2.97. The lowest BCUT2D eigenvalue weighted by Gasteiger charge is -2.20. The molecule has 2 saturated carbocycles. The van der Waals surface area contributed by atoms with Crippen LogP contribution >= 0.6 is 0 Å². The molecular formula is C17H30O. The van der Waals surface area contributed by atoms with E-state index in [2.05, 4.69) is 27.7 Å². The molecule has 6 unspecified atom stereocenters. The maximum absolute atomic E-state index is 12.3. The topological polar surface area (TPSA) is 17.1 Å². The van der Waals surface area contributed by atoms with Crippen LogP contribution in [0.4, 0.5) is 0 Å². The first-order valence-electron chi connectivity index (χ1n) is 8.00. The van der Waals surface area contributed by atoms with E-state index in [1.807, 2.05) is 0 Å². The summed E-state index contributed by atoms with van der Waals surface area (Å²) < 4.78 is 0. The van der Waals surface area contributed by atoms with Crippen molar-refractivity contribution in [1.82, 2.24) is 0 Å². The van der Waals surface area contributed by atoms with Gasteiger partial charge in [-0.05, 0) is 48.3 Å². The average molecular weight is 250 g/mol. The van der Waals surface area contributed by atoms with E-state index in [4.69, 9.17) is 0 Å². The van der Waals surface area contributed by atoms with Gasteiger partial charge in [0.25, 0.3) is 0 Å². The van der Waals surface area contributed by atoms with Gasteiger partial charge in [0.05, 0.1) is 0 Å². The molecule has 0 N–H and O–H groups in total. The molecule has 0 bridgehead atoms. The van der Waals surface area contributed by atoms with E-state index in [1.165, 1.54) is 25.7 Å². The van der Waals surface area contributed by atoms with Crippen LogP contribution in [-0.2, 0) is 4.79 Å². The van der Waals surface area contributed by atoms with Gasteiger partial charge in [-0.2, -0.15) is 0 Å². The Balaban J connectivity index is 1.79. The first-order valence-corrected chi connectivity index (χ1v) is 8.00. The van der Waals surface area contributed by atoms with Crippen molar-refractivity contribution in [2.75, 3.05) is 0 Å². The standard InChI is InChI=1S/C17H30O/c1-11-5-7-15(13(11)3)9-17(18)10-16-8-6-12(2)14(16)4/h11-16H,5-10H2,1-4H3. The van der Waals surface area contributed by atoms with Crippen LogP contribution in [0, 0.1) is 35.5 Å². The molecule has 2 aliphatic rings. The highest BCUT2D eigenvalue weighted by Crippen LogP contribution is 2.41. The van der Waals surface area contributed by atoms with Crippen molar-refractivity contribution < 1.29 is 4.79 Å². The predicted molar refractivity (Wildman–Crippen MR) is 76.3 cm³/mol. The largest absolute Gasteiger partial charge is 0.300 e. The monoisotopic (exact) mass is 250 g/mol. The molecule has 0 amide bonds. The molecule has 104 valence electrons. The number of Topliss-reactive ketones (excluding diaryl/α,β-unsaturated/α-hetero) is 1. The average Bonchev–Trinajstić information content (AvgIpc) is 2.80. The predicted octanol–water partition coefficient (Wildman–Crippen LogP) is 4.70. The number of rotatable bonds is 4. The second-order valence-corrected chi connectivity index (χ2v) is 7.29. The highest BCUT2D eigenvalue weighted by atomic mass is 16.1. The molecule has 0 aromatic carbocycles. The maximum Gasteiger partial charge on any atom is 0.133 e. The zero-order valence-corrected chi connectivity index (χ0v) is 12.6. The van der Waals surface area contributed by atoms with E-state index in [-0.39, 0.29) is 0 Å². The van der Waals surface area contributed by atoms with Crippen molar-refractivity contribution in [3.05, 3.63) is 0 Å². The summed E-state index contributed by atoms with van der Waals surface area (Å²) in [7, 11) is 0. The molecule has 18 heavy (non-hydrogen) atoms. The Morgan fingerprint density at radius 1 is 0.778 bits per heavy atom. The van der Waals surface area contributed by atoms with Crippen LogP contribution in [-0.4, -0.2) is 5.78 Å². The minimum Gasteiger partial charge on any atom is -0.300 e. The lowest BCUT2D eigenvalue weighted by Crippen LogP contribution is -2.18. The third-order valence-corrected chi connectivity index (χ3v) is 6.25. The SMILES string of the molecule is CC1CCC(CC(=O)CC2CCC(C)C2C)C1C. The Hall–Kier alpha value is -0.330. The number of carbonyl (C=O) groups excluding carboxylic acids is 1. The van der Waals surface area contributed by atoms with E-state index < -0.39 is 0 Å². The number of hydrogen-bond acceptors (Lipinski definition) is 1. The van der Waals surface area contributed by atoms with Crippen LogP contribution in [0.2, 0.25) is 0 Å². The number of ketones is 1. The fourth-order valence-corrected chi connectivity index (χ4v) is 4.18. The Kier molecular flexibility index (Phi) is 4.50. The molecule has 0 radical (unpaired) electrons. The molecule has 2 aliphatic carbocycles. The normalized spacial score (nSPS) is 44.4. The summed E-state index contributed by atoms with van der Waals surface area (Å²) >= 11 is 0.